The fourth-order valence-electron chi connectivity index (χ4n) is 2.14. The number of amides is 1. The summed E-state index contributed by atoms with van der Waals surface area (Å²) in [7, 11) is 1.77. The van der Waals surface area contributed by atoms with Gasteiger partial charge in [0.05, 0.1) is 6.04 Å². The third kappa shape index (κ3) is 2.77. The van der Waals surface area contributed by atoms with Gasteiger partial charge in [-0.2, -0.15) is 0 Å². The molecular weight excluding hydrogens is 216 g/mol. The van der Waals surface area contributed by atoms with Crippen molar-refractivity contribution in [1.82, 2.24) is 10.2 Å². The minimum atomic E-state index is -0.0501. The van der Waals surface area contributed by atoms with E-state index in [2.05, 4.69) is 5.32 Å². The van der Waals surface area contributed by atoms with Crippen molar-refractivity contribution in [3.8, 4) is 5.75 Å². The molecule has 1 aliphatic rings. The van der Waals surface area contributed by atoms with Crippen molar-refractivity contribution < 1.29 is 9.90 Å². The molecule has 1 saturated heterocycles. The number of rotatable bonds is 3. The third-order valence-corrected chi connectivity index (χ3v) is 3.13. The van der Waals surface area contributed by atoms with Gasteiger partial charge in [-0.15, -0.1) is 0 Å². The van der Waals surface area contributed by atoms with E-state index in [1.54, 1.807) is 24.1 Å². The van der Waals surface area contributed by atoms with Gasteiger partial charge < -0.3 is 15.3 Å². The molecule has 4 heteroatoms. The molecule has 1 heterocycles. The number of hydrogen-bond acceptors (Lipinski definition) is 3. The first kappa shape index (κ1) is 11.9. The first-order valence-electron chi connectivity index (χ1n) is 5.93. The van der Waals surface area contributed by atoms with Gasteiger partial charge in [0.25, 0.3) is 0 Å². The van der Waals surface area contributed by atoms with Gasteiger partial charge in [-0.1, -0.05) is 18.2 Å². The Morgan fingerprint density at radius 1 is 1.53 bits per heavy atom. The molecule has 1 aromatic carbocycles. The minimum absolute atomic E-state index is 0.0501. The van der Waals surface area contributed by atoms with Gasteiger partial charge in [0, 0.05) is 19.2 Å². The van der Waals surface area contributed by atoms with Crippen molar-refractivity contribution in [3.63, 3.8) is 0 Å². The van der Waals surface area contributed by atoms with Crippen LogP contribution in [0.2, 0.25) is 0 Å². The number of benzene rings is 1. The number of hydrogen-bond donors (Lipinski definition) is 2. The van der Waals surface area contributed by atoms with Crippen molar-refractivity contribution in [2.75, 3.05) is 13.6 Å². The van der Waals surface area contributed by atoms with Crippen LogP contribution in [0.25, 0.3) is 0 Å². The second kappa shape index (κ2) is 5.19. The smallest absolute Gasteiger partial charge is 0.239 e. The number of carbonyl (C=O) groups is 1. The Balaban J connectivity index is 1.99. The molecule has 17 heavy (non-hydrogen) atoms. The molecule has 0 spiro atoms. The molecule has 92 valence electrons. The van der Waals surface area contributed by atoms with E-state index in [0.29, 0.717) is 6.54 Å². The van der Waals surface area contributed by atoms with Crippen LogP contribution in [0.3, 0.4) is 0 Å². The Kier molecular flexibility index (Phi) is 3.64. The zero-order chi connectivity index (χ0) is 12.3. The SMILES string of the molecule is CN(Cc1ccccc1O)C(=O)[C@H]1CCCN1. The molecule has 1 aliphatic heterocycles. The predicted molar refractivity (Wildman–Crippen MR) is 65.6 cm³/mol. The summed E-state index contributed by atoms with van der Waals surface area (Å²) in [6, 6.07) is 7.06. The molecule has 0 radical (unpaired) electrons. The Hall–Kier alpha value is -1.55. The second-order valence-corrected chi connectivity index (χ2v) is 4.47. The molecule has 0 aliphatic carbocycles. The van der Waals surface area contributed by atoms with Crippen molar-refractivity contribution >= 4 is 5.91 Å². The number of carbonyl (C=O) groups excluding carboxylic acids is 1. The lowest BCUT2D eigenvalue weighted by atomic mass is 10.1. The highest BCUT2D eigenvalue weighted by atomic mass is 16.3. The number of nitrogens with one attached hydrogen (secondary N) is 1. The molecule has 1 aromatic rings. The number of para-hydroxylation sites is 1. The van der Waals surface area contributed by atoms with Crippen LogP contribution >= 0.6 is 0 Å². The highest BCUT2D eigenvalue weighted by Gasteiger charge is 2.25. The first-order valence-corrected chi connectivity index (χ1v) is 5.93. The summed E-state index contributed by atoms with van der Waals surface area (Å²) in [5, 5.41) is 12.8. The van der Waals surface area contributed by atoms with Gasteiger partial charge in [0.15, 0.2) is 0 Å². The van der Waals surface area contributed by atoms with E-state index in [1.807, 2.05) is 12.1 Å². The van der Waals surface area contributed by atoms with Gasteiger partial charge in [-0.25, -0.2) is 0 Å². The van der Waals surface area contributed by atoms with Crippen LogP contribution in [-0.2, 0) is 11.3 Å². The Labute approximate surface area is 101 Å². The predicted octanol–water partition coefficient (Wildman–Crippen LogP) is 1.10. The van der Waals surface area contributed by atoms with Crippen LogP contribution in [0.4, 0.5) is 0 Å². The number of aromatic hydroxyl groups is 1. The zero-order valence-corrected chi connectivity index (χ0v) is 10.0. The maximum Gasteiger partial charge on any atom is 0.239 e. The standard InChI is InChI=1S/C13H18N2O2/c1-15(13(17)11-6-4-8-14-11)9-10-5-2-3-7-12(10)16/h2-3,5,7,11,14,16H,4,6,8-9H2,1H3/t11-/m1/s1. The van der Waals surface area contributed by atoms with E-state index in [0.717, 1.165) is 24.9 Å². The number of phenols is 1. The molecule has 1 amide bonds. The van der Waals surface area contributed by atoms with Crippen LogP contribution in [0.5, 0.6) is 5.75 Å². The molecule has 4 nitrogen and oxygen atoms in total. The molecule has 0 aromatic heterocycles. The lowest BCUT2D eigenvalue weighted by Gasteiger charge is -2.21. The third-order valence-electron chi connectivity index (χ3n) is 3.13. The summed E-state index contributed by atoms with van der Waals surface area (Å²) < 4.78 is 0. The molecular formula is C13H18N2O2. The molecule has 1 atom stereocenters. The summed E-state index contributed by atoms with van der Waals surface area (Å²) in [5.41, 5.74) is 0.779. The van der Waals surface area contributed by atoms with E-state index in [1.165, 1.54) is 0 Å². The highest BCUT2D eigenvalue weighted by Crippen LogP contribution is 2.18. The monoisotopic (exact) mass is 234 g/mol. The maximum absolute atomic E-state index is 12.0. The molecule has 0 unspecified atom stereocenters. The van der Waals surface area contributed by atoms with Gasteiger partial charge in [0.1, 0.15) is 5.75 Å². The first-order chi connectivity index (χ1) is 8.18. The highest BCUT2D eigenvalue weighted by molar-refractivity contribution is 5.82. The summed E-state index contributed by atoms with van der Waals surface area (Å²) in [5.74, 6) is 0.345. The van der Waals surface area contributed by atoms with E-state index >= 15 is 0 Å². The molecule has 0 bridgehead atoms. The van der Waals surface area contributed by atoms with E-state index < -0.39 is 0 Å². The molecule has 2 rings (SSSR count). The van der Waals surface area contributed by atoms with Gasteiger partial charge in [-0.05, 0) is 25.5 Å². The van der Waals surface area contributed by atoms with Gasteiger partial charge in [-0.3, -0.25) is 4.79 Å². The zero-order valence-electron chi connectivity index (χ0n) is 10.0. The minimum Gasteiger partial charge on any atom is -0.508 e. The number of nitrogens with zero attached hydrogens (tertiary/aromatic N) is 1. The molecule has 2 N–H and O–H groups in total. The summed E-state index contributed by atoms with van der Waals surface area (Å²) >= 11 is 0. The second-order valence-electron chi connectivity index (χ2n) is 4.47. The van der Waals surface area contributed by atoms with E-state index in [9.17, 15) is 9.90 Å². The lowest BCUT2D eigenvalue weighted by Crippen LogP contribution is -2.41. The fourth-order valence-corrected chi connectivity index (χ4v) is 2.14. The topological polar surface area (TPSA) is 52.6 Å². The quantitative estimate of drug-likeness (QED) is 0.823. The number of likely N-dealkylation sites (N-methyl/N-ethyl adjacent to an activating group) is 1. The van der Waals surface area contributed by atoms with E-state index in [-0.39, 0.29) is 17.7 Å². The maximum atomic E-state index is 12.0. The van der Waals surface area contributed by atoms with Gasteiger partial charge >= 0.3 is 0 Å². The molecule has 0 saturated carbocycles. The summed E-state index contributed by atoms with van der Waals surface area (Å²) in [6.07, 6.45) is 1.96. The fraction of sp³-hybridized carbons (Fsp3) is 0.462. The van der Waals surface area contributed by atoms with Crippen LogP contribution in [0, 0.1) is 0 Å². The normalized spacial score (nSPS) is 19.2. The van der Waals surface area contributed by atoms with E-state index in [4.69, 9.17) is 0 Å². The van der Waals surface area contributed by atoms with Crippen LogP contribution in [0.15, 0.2) is 24.3 Å². The molecule has 1 fully saturated rings. The number of phenolic OH excluding ortho intramolecular Hbond substituents is 1. The van der Waals surface area contributed by atoms with Crippen LogP contribution < -0.4 is 5.32 Å². The average molecular weight is 234 g/mol. The summed E-state index contributed by atoms with van der Waals surface area (Å²) in [4.78, 5) is 13.7. The average Bonchev–Trinajstić information content (AvgIpc) is 2.84. The summed E-state index contributed by atoms with van der Waals surface area (Å²) in [6.45, 7) is 1.37. The van der Waals surface area contributed by atoms with Crippen molar-refractivity contribution in [2.45, 2.75) is 25.4 Å². The van der Waals surface area contributed by atoms with Crippen molar-refractivity contribution in [2.24, 2.45) is 0 Å². The lowest BCUT2D eigenvalue weighted by molar-refractivity contribution is -0.132. The van der Waals surface area contributed by atoms with Crippen LogP contribution in [-0.4, -0.2) is 35.5 Å². The van der Waals surface area contributed by atoms with Crippen LogP contribution in [0.1, 0.15) is 18.4 Å². The largest absolute Gasteiger partial charge is 0.508 e. The van der Waals surface area contributed by atoms with Crippen molar-refractivity contribution in [1.29, 1.82) is 0 Å². The Morgan fingerprint density at radius 3 is 2.94 bits per heavy atom. The van der Waals surface area contributed by atoms with Gasteiger partial charge in [0.2, 0.25) is 5.91 Å². The Morgan fingerprint density at radius 2 is 2.29 bits per heavy atom. The Bertz CT molecular complexity index is 400. The van der Waals surface area contributed by atoms with Crippen molar-refractivity contribution in [3.05, 3.63) is 29.8 Å².